The molecular formula is C11H21N3. The van der Waals surface area contributed by atoms with Gasteiger partial charge in [-0.3, -0.25) is 4.68 Å². The first-order valence-corrected chi connectivity index (χ1v) is 5.67. The van der Waals surface area contributed by atoms with E-state index in [1.165, 1.54) is 38.5 Å². The fraction of sp³-hybridized carbons (Fsp3) is 0.818. The Morgan fingerprint density at radius 1 is 1.14 bits per heavy atom. The van der Waals surface area contributed by atoms with E-state index in [1.807, 2.05) is 11.7 Å². The highest BCUT2D eigenvalue weighted by atomic mass is 15.3. The standard InChI is InChI=1S/C11H21N3/c1-3-4-5-6-7-8-9-11-12-10-13-14(11)2/h10H,3-9H2,1-2H3. The number of hydrogen-bond acceptors (Lipinski definition) is 2. The molecule has 1 rings (SSSR count). The Labute approximate surface area is 86.5 Å². The van der Waals surface area contributed by atoms with E-state index in [2.05, 4.69) is 17.0 Å². The first-order valence-electron chi connectivity index (χ1n) is 5.67. The van der Waals surface area contributed by atoms with Crippen LogP contribution in [0.15, 0.2) is 6.33 Å². The van der Waals surface area contributed by atoms with Crippen molar-refractivity contribution in [3.05, 3.63) is 12.2 Å². The second-order valence-electron chi connectivity index (χ2n) is 3.82. The van der Waals surface area contributed by atoms with Gasteiger partial charge >= 0.3 is 0 Å². The SMILES string of the molecule is CCCCCCCCc1ncnn1C. The van der Waals surface area contributed by atoms with Gasteiger partial charge in [0.1, 0.15) is 12.2 Å². The highest BCUT2D eigenvalue weighted by Crippen LogP contribution is 2.07. The largest absolute Gasteiger partial charge is 0.253 e. The van der Waals surface area contributed by atoms with Gasteiger partial charge in [-0.1, -0.05) is 39.0 Å². The molecule has 3 heteroatoms. The smallest absolute Gasteiger partial charge is 0.138 e. The van der Waals surface area contributed by atoms with Gasteiger partial charge in [0.15, 0.2) is 0 Å². The minimum Gasteiger partial charge on any atom is -0.253 e. The molecule has 3 nitrogen and oxygen atoms in total. The Bertz CT molecular complexity index is 242. The predicted molar refractivity (Wildman–Crippen MR) is 58.1 cm³/mol. The summed E-state index contributed by atoms with van der Waals surface area (Å²) in [5.41, 5.74) is 0. The van der Waals surface area contributed by atoms with Gasteiger partial charge in [0, 0.05) is 13.5 Å². The van der Waals surface area contributed by atoms with E-state index >= 15 is 0 Å². The van der Waals surface area contributed by atoms with Gasteiger partial charge in [-0.05, 0) is 6.42 Å². The summed E-state index contributed by atoms with van der Waals surface area (Å²) in [7, 11) is 1.96. The van der Waals surface area contributed by atoms with E-state index in [0.717, 1.165) is 12.2 Å². The molecule has 1 heterocycles. The molecule has 80 valence electrons. The average Bonchev–Trinajstić information content (AvgIpc) is 2.58. The minimum absolute atomic E-state index is 1.07. The van der Waals surface area contributed by atoms with Crippen molar-refractivity contribution in [3.8, 4) is 0 Å². The first-order chi connectivity index (χ1) is 6.84. The summed E-state index contributed by atoms with van der Waals surface area (Å²) >= 11 is 0. The Balaban J connectivity index is 2.02. The predicted octanol–water partition coefficient (Wildman–Crippen LogP) is 2.72. The highest BCUT2D eigenvalue weighted by molar-refractivity contribution is 4.82. The van der Waals surface area contributed by atoms with Gasteiger partial charge < -0.3 is 0 Å². The van der Waals surface area contributed by atoms with Crippen molar-refractivity contribution >= 4 is 0 Å². The molecule has 0 fully saturated rings. The molecule has 14 heavy (non-hydrogen) atoms. The highest BCUT2D eigenvalue weighted by Gasteiger charge is 1.99. The molecule has 0 radical (unpaired) electrons. The molecule has 0 unspecified atom stereocenters. The van der Waals surface area contributed by atoms with Crippen molar-refractivity contribution < 1.29 is 0 Å². The number of rotatable bonds is 7. The van der Waals surface area contributed by atoms with Crippen molar-refractivity contribution in [1.82, 2.24) is 14.8 Å². The maximum Gasteiger partial charge on any atom is 0.138 e. The van der Waals surface area contributed by atoms with Crippen LogP contribution in [0.3, 0.4) is 0 Å². The topological polar surface area (TPSA) is 30.7 Å². The Hall–Kier alpha value is -0.860. The normalized spacial score (nSPS) is 10.7. The number of unbranched alkanes of at least 4 members (excludes halogenated alkanes) is 5. The van der Waals surface area contributed by atoms with Gasteiger partial charge in [0.2, 0.25) is 0 Å². The number of aromatic nitrogens is 3. The summed E-state index contributed by atoms with van der Waals surface area (Å²) in [5.74, 6) is 1.11. The van der Waals surface area contributed by atoms with Crippen molar-refractivity contribution in [3.63, 3.8) is 0 Å². The van der Waals surface area contributed by atoms with Crippen LogP contribution in [0.5, 0.6) is 0 Å². The van der Waals surface area contributed by atoms with Crippen LogP contribution in [0.4, 0.5) is 0 Å². The zero-order valence-corrected chi connectivity index (χ0v) is 9.37. The molecule has 0 aliphatic rings. The average molecular weight is 195 g/mol. The van der Waals surface area contributed by atoms with Gasteiger partial charge in [0.25, 0.3) is 0 Å². The molecule has 0 amide bonds. The first kappa shape index (κ1) is 11.2. The third-order valence-electron chi connectivity index (χ3n) is 2.56. The van der Waals surface area contributed by atoms with Crippen molar-refractivity contribution in [1.29, 1.82) is 0 Å². The van der Waals surface area contributed by atoms with Gasteiger partial charge in [0.05, 0.1) is 0 Å². The summed E-state index contributed by atoms with van der Waals surface area (Å²) < 4.78 is 1.87. The zero-order valence-electron chi connectivity index (χ0n) is 9.37. The van der Waals surface area contributed by atoms with Gasteiger partial charge in [-0.25, -0.2) is 4.98 Å². The van der Waals surface area contributed by atoms with Crippen LogP contribution in [-0.4, -0.2) is 14.8 Å². The lowest BCUT2D eigenvalue weighted by atomic mass is 10.1. The summed E-state index contributed by atoms with van der Waals surface area (Å²) in [5, 5.41) is 4.05. The lowest BCUT2D eigenvalue weighted by molar-refractivity contribution is 0.588. The van der Waals surface area contributed by atoms with Crippen molar-refractivity contribution in [2.75, 3.05) is 0 Å². The fourth-order valence-electron chi connectivity index (χ4n) is 1.61. The van der Waals surface area contributed by atoms with Gasteiger partial charge in [-0.2, -0.15) is 5.10 Å². The van der Waals surface area contributed by atoms with E-state index in [-0.39, 0.29) is 0 Å². The second kappa shape index (κ2) is 6.57. The Kier molecular flexibility index (Phi) is 5.27. The molecule has 0 N–H and O–H groups in total. The van der Waals surface area contributed by atoms with Crippen molar-refractivity contribution in [2.45, 2.75) is 51.9 Å². The molecule has 0 bridgehead atoms. The lowest BCUT2D eigenvalue weighted by Crippen LogP contribution is -1.99. The number of aryl methyl sites for hydroxylation is 2. The molecule has 0 saturated carbocycles. The third kappa shape index (κ3) is 3.90. The molecule has 0 saturated heterocycles. The third-order valence-corrected chi connectivity index (χ3v) is 2.56. The minimum atomic E-state index is 1.07. The van der Waals surface area contributed by atoms with Crippen LogP contribution >= 0.6 is 0 Å². The monoisotopic (exact) mass is 195 g/mol. The van der Waals surface area contributed by atoms with Crippen LogP contribution in [0.25, 0.3) is 0 Å². The number of hydrogen-bond donors (Lipinski definition) is 0. The van der Waals surface area contributed by atoms with E-state index in [0.29, 0.717) is 0 Å². The summed E-state index contributed by atoms with van der Waals surface area (Å²) in [6, 6.07) is 0. The maximum absolute atomic E-state index is 4.20. The molecule has 0 aliphatic carbocycles. The maximum atomic E-state index is 4.20. The van der Waals surface area contributed by atoms with Crippen molar-refractivity contribution in [2.24, 2.45) is 7.05 Å². The Morgan fingerprint density at radius 3 is 2.50 bits per heavy atom. The quantitative estimate of drug-likeness (QED) is 0.626. The Morgan fingerprint density at radius 2 is 1.86 bits per heavy atom. The summed E-state index contributed by atoms with van der Waals surface area (Å²) in [6.45, 7) is 2.25. The fourth-order valence-corrected chi connectivity index (χ4v) is 1.61. The van der Waals surface area contributed by atoms with Gasteiger partial charge in [-0.15, -0.1) is 0 Å². The lowest BCUT2D eigenvalue weighted by Gasteiger charge is -2.00. The molecule has 1 aromatic rings. The van der Waals surface area contributed by atoms with E-state index in [9.17, 15) is 0 Å². The van der Waals surface area contributed by atoms with Crippen LogP contribution in [0, 0.1) is 0 Å². The molecular weight excluding hydrogens is 174 g/mol. The summed E-state index contributed by atoms with van der Waals surface area (Å²) in [6.07, 6.45) is 10.7. The van der Waals surface area contributed by atoms with E-state index in [4.69, 9.17) is 0 Å². The van der Waals surface area contributed by atoms with Crippen LogP contribution in [0.1, 0.15) is 51.3 Å². The molecule has 0 aliphatic heterocycles. The molecule has 0 spiro atoms. The van der Waals surface area contributed by atoms with E-state index in [1.54, 1.807) is 6.33 Å². The second-order valence-corrected chi connectivity index (χ2v) is 3.82. The summed E-state index contributed by atoms with van der Waals surface area (Å²) in [4.78, 5) is 4.20. The van der Waals surface area contributed by atoms with Crippen LogP contribution < -0.4 is 0 Å². The molecule has 0 atom stereocenters. The molecule has 1 aromatic heterocycles. The number of nitrogens with zero attached hydrogens (tertiary/aromatic N) is 3. The zero-order chi connectivity index (χ0) is 10.2. The van der Waals surface area contributed by atoms with Crippen LogP contribution in [0.2, 0.25) is 0 Å². The van der Waals surface area contributed by atoms with Crippen LogP contribution in [-0.2, 0) is 13.5 Å². The molecule has 0 aromatic carbocycles. The van der Waals surface area contributed by atoms with E-state index < -0.39 is 0 Å².